The van der Waals surface area contributed by atoms with Crippen molar-refractivity contribution in [1.82, 2.24) is 24.5 Å². The van der Waals surface area contributed by atoms with Crippen LogP contribution in [0.2, 0.25) is 0 Å². The maximum Gasteiger partial charge on any atom is 0.267 e. The summed E-state index contributed by atoms with van der Waals surface area (Å²) in [4.78, 5) is 29.3. The van der Waals surface area contributed by atoms with Gasteiger partial charge in [-0.2, -0.15) is 5.10 Å². The average molecular weight is 413 g/mol. The van der Waals surface area contributed by atoms with Gasteiger partial charge in [0.15, 0.2) is 0 Å². The van der Waals surface area contributed by atoms with Crippen molar-refractivity contribution in [2.75, 3.05) is 0 Å². The Kier molecular flexibility index (Phi) is 5.08. The molecule has 0 aromatic carbocycles. The van der Waals surface area contributed by atoms with Gasteiger partial charge in [-0.25, -0.2) is 4.68 Å². The highest BCUT2D eigenvalue weighted by molar-refractivity contribution is 5.95. The molecule has 156 valence electrons. The van der Waals surface area contributed by atoms with E-state index in [1.807, 2.05) is 53.2 Å². The topological polar surface area (TPSA) is 81.3 Å². The van der Waals surface area contributed by atoms with Crippen molar-refractivity contribution >= 4 is 11.4 Å². The molecule has 7 nitrogen and oxygen atoms in total. The van der Waals surface area contributed by atoms with Crippen LogP contribution in [0.15, 0.2) is 78.1 Å². The summed E-state index contributed by atoms with van der Waals surface area (Å²) in [6, 6.07) is 15.0. The predicted molar refractivity (Wildman–Crippen MR) is 118 cm³/mol. The van der Waals surface area contributed by atoms with Crippen LogP contribution in [0.1, 0.15) is 42.1 Å². The highest BCUT2D eigenvalue weighted by atomic mass is 16.1. The van der Waals surface area contributed by atoms with Gasteiger partial charge < -0.3 is 9.72 Å². The first-order valence-electron chi connectivity index (χ1n) is 10.6. The molecule has 1 amide bonds. The molecule has 7 heteroatoms. The summed E-state index contributed by atoms with van der Waals surface area (Å²) in [5.41, 5.74) is 3.19. The molecule has 1 N–H and O–H groups in total. The zero-order valence-electron chi connectivity index (χ0n) is 17.0. The normalized spacial score (nSPS) is 18.7. The minimum atomic E-state index is -0.0966. The maximum absolute atomic E-state index is 12.7. The molecule has 0 unspecified atom stereocenters. The molecule has 1 saturated carbocycles. The number of carbonyl (C=O) groups is 1. The molecule has 4 heterocycles. The molecule has 4 aromatic rings. The summed E-state index contributed by atoms with van der Waals surface area (Å²) in [5, 5.41) is 7.75. The third-order valence-electron chi connectivity index (χ3n) is 5.93. The van der Waals surface area contributed by atoms with Crippen molar-refractivity contribution in [3.05, 3.63) is 89.2 Å². The van der Waals surface area contributed by atoms with Crippen molar-refractivity contribution < 1.29 is 4.79 Å². The van der Waals surface area contributed by atoms with Crippen LogP contribution < -0.4 is 10.9 Å². The monoisotopic (exact) mass is 413 g/mol. The first-order valence-corrected chi connectivity index (χ1v) is 10.6. The Bertz CT molecular complexity index is 1240. The smallest absolute Gasteiger partial charge is 0.267 e. The number of nitrogens with one attached hydrogen (secondary N) is 1. The van der Waals surface area contributed by atoms with E-state index in [-0.39, 0.29) is 23.6 Å². The Morgan fingerprint density at radius 2 is 1.90 bits per heavy atom. The van der Waals surface area contributed by atoms with Gasteiger partial charge in [0.1, 0.15) is 0 Å². The molecule has 0 bridgehead atoms. The van der Waals surface area contributed by atoms with Crippen LogP contribution in [0.25, 0.3) is 16.8 Å². The van der Waals surface area contributed by atoms with E-state index in [1.165, 1.54) is 0 Å². The van der Waals surface area contributed by atoms with Gasteiger partial charge in [0.25, 0.3) is 11.5 Å². The predicted octanol–water partition coefficient (Wildman–Crippen LogP) is 3.47. The Morgan fingerprint density at radius 1 is 1.03 bits per heavy atom. The Balaban J connectivity index is 1.25. The second kappa shape index (κ2) is 8.18. The van der Waals surface area contributed by atoms with Crippen LogP contribution in [0, 0.1) is 0 Å². The van der Waals surface area contributed by atoms with Crippen LogP contribution in [0.5, 0.6) is 0 Å². The zero-order chi connectivity index (χ0) is 21.2. The van der Waals surface area contributed by atoms with Gasteiger partial charge in [-0.3, -0.25) is 14.6 Å². The number of hydrogen-bond acceptors (Lipinski definition) is 4. The SMILES string of the molecule is O=C(NC1CCC(n2nc(-c3cccnc3)ccc2=O)CC1)c1cc2ccccn2c1. The molecule has 4 aromatic heterocycles. The van der Waals surface area contributed by atoms with Gasteiger partial charge in [0.2, 0.25) is 0 Å². The lowest BCUT2D eigenvalue weighted by atomic mass is 9.91. The summed E-state index contributed by atoms with van der Waals surface area (Å²) in [5.74, 6) is -0.0546. The largest absolute Gasteiger partial charge is 0.349 e. The lowest BCUT2D eigenvalue weighted by Gasteiger charge is -2.29. The Labute approximate surface area is 179 Å². The summed E-state index contributed by atoms with van der Waals surface area (Å²) in [7, 11) is 0. The van der Waals surface area contributed by atoms with Crippen LogP contribution in [-0.2, 0) is 0 Å². The van der Waals surface area contributed by atoms with Gasteiger partial charge in [-0.1, -0.05) is 6.07 Å². The number of pyridine rings is 2. The summed E-state index contributed by atoms with van der Waals surface area (Å²) >= 11 is 0. The molecule has 1 aliphatic rings. The highest BCUT2D eigenvalue weighted by Gasteiger charge is 2.25. The zero-order valence-corrected chi connectivity index (χ0v) is 17.0. The second-order valence-electron chi connectivity index (χ2n) is 7.98. The average Bonchev–Trinajstić information content (AvgIpc) is 3.25. The van der Waals surface area contributed by atoms with Crippen molar-refractivity contribution in [3.8, 4) is 11.3 Å². The van der Waals surface area contributed by atoms with Gasteiger partial charge in [0.05, 0.1) is 17.3 Å². The number of rotatable bonds is 4. The summed E-state index contributed by atoms with van der Waals surface area (Å²) in [6.45, 7) is 0. The molecular weight excluding hydrogens is 390 g/mol. The number of aromatic nitrogens is 4. The van der Waals surface area contributed by atoms with Gasteiger partial charge in [-0.15, -0.1) is 0 Å². The minimum absolute atomic E-state index is 0.0364. The van der Waals surface area contributed by atoms with Crippen molar-refractivity contribution in [3.63, 3.8) is 0 Å². The lowest BCUT2D eigenvalue weighted by Crippen LogP contribution is -2.39. The number of nitrogens with zero attached hydrogens (tertiary/aromatic N) is 4. The fraction of sp³-hybridized carbons (Fsp3) is 0.250. The quantitative estimate of drug-likeness (QED) is 0.555. The number of carbonyl (C=O) groups excluding carboxylic acids is 1. The van der Waals surface area contributed by atoms with Crippen molar-refractivity contribution in [1.29, 1.82) is 0 Å². The van der Waals surface area contributed by atoms with Gasteiger partial charge >= 0.3 is 0 Å². The molecule has 1 aliphatic carbocycles. The fourth-order valence-corrected chi connectivity index (χ4v) is 4.27. The van der Waals surface area contributed by atoms with Gasteiger partial charge in [-0.05, 0) is 62.1 Å². The summed E-state index contributed by atoms with van der Waals surface area (Å²) in [6.07, 6.45) is 10.5. The molecule has 0 spiro atoms. The standard InChI is InChI=1S/C24H23N5O2/c30-23-11-10-22(17-4-3-12-25-15-17)27-29(23)20-8-6-19(7-9-20)26-24(31)18-14-21-5-1-2-13-28(21)16-18/h1-5,10-16,19-20H,6-9H2,(H,26,31). The molecule has 0 aliphatic heterocycles. The van der Waals surface area contributed by atoms with Crippen molar-refractivity contribution in [2.45, 2.75) is 37.8 Å². The van der Waals surface area contributed by atoms with E-state index in [4.69, 9.17) is 0 Å². The number of hydrogen-bond donors (Lipinski definition) is 1. The third-order valence-corrected chi connectivity index (χ3v) is 5.93. The Hall–Kier alpha value is -3.74. The molecule has 5 rings (SSSR count). The third kappa shape index (κ3) is 3.99. The molecule has 0 saturated heterocycles. The van der Waals surface area contributed by atoms with E-state index < -0.39 is 0 Å². The van der Waals surface area contributed by atoms with E-state index in [2.05, 4.69) is 15.4 Å². The van der Waals surface area contributed by atoms with E-state index in [9.17, 15) is 9.59 Å². The first kappa shape index (κ1) is 19.2. The van der Waals surface area contributed by atoms with Crippen LogP contribution in [-0.4, -0.2) is 31.1 Å². The highest BCUT2D eigenvalue weighted by Crippen LogP contribution is 2.28. The van der Waals surface area contributed by atoms with E-state index in [0.717, 1.165) is 42.5 Å². The van der Waals surface area contributed by atoms with E-state index in [0.29, 0.717) is 5.56 Å². The fourth-order valence-electron chi connectivity index (χ4n) is 4.27. The lowest BCUT2D eigenvalue weighted by molar-refractivity contribution is 0.0921. The molecule has 1 fully saturated rings. The summed E-state index contributed by atoms with van der Waals surface area (Å²) < 4.78 is 3.54. The molecular formula is C24H23N5O2. The van der Waals surface area contributed by atoms with Crippen LogP contribution >= 0.6 is 0 Å². The number of amides is 1. The first-order chi connectivity index (χ1) is 15.2. The Morgan fingerprint density at radius 3 is 2.68 bits per heavy atom. The van der Waals surface area contributed by atoms with Crippen LogP contribution in [0.4, 0.5) is 0 Å². The molecule has 0 atom stereocenters. The maximum atomic E-state index is 12.7. The molecule has 31 heavy (non-hydrogen) atoms. The molecule has 0 radical (unpaired) electrons. The van der Waals surface area contributed by atoms with Crippen LogP contribution in [0.3, 0.4) is 0 Å². The van der Waals surface area contributed by atoms with Crippen molar-refractivity contribution in [2.24, 2.45) is 0 Å². The van der Waals surface area contributed by atoms with Gasteiger partial charge in [0, 0.05) is 48.0 Å². The second-order valence-corrected chi connectivity index (χ2v) is 7.98. The number of fused-ring (bicyclic) bond motifs is 1. The van der Waals surface area contributed by atoms with E-state index in [1.54, 1.807) is 29.2 Å². The minimum Gasteiger partial charge on any atom is -0.349 e. The van der Waals surface area contributed by atoms with E-state index >= 15 is 0 Å².